The van der Waals surface area contributed by atoms with Gasteiger partial charge in [-0.05, 0) is 6.42 Å². The Morgan fingerprint density at radius 3 is 2.82 bits per heavy atom. The lowest BCUT2D eigenvalue weighted by atomic mass is 10.2. The van der Waals surface area contributed by atoms with Crippen LogP contribution >= 0.6 is 0 Å². The van der Waals surface area contributed by atoms with Crippen molar-refractivity contribution in [2.24, 2.45) is 0 Å². The van der Waals surface area contributed by atoms with E-state index < -0.39 is 16.6 Å². The molecule has 0 aliphatic rings. The van der Waals surface area contributed by atoms with Crippen LogP contribution in [0.5, 0.6) is 0 Å². The summed E-state index contributed by atoms with van der Waals surface area (Å²) in [5.74, 6) is -1.28. The first-order valence-electron chi connectivity index (χ1n) is 4.78. The van der Waals surface area contributed by atoms with E-state index >= 15 is 0 Å². The third kappa shape index (κ3) is 3.38. The zero-order valence-corrected chi connectivity index (χ0v) is 8.79. The molecule has 0 radical (unpaired) electrons. The van der Waals surface area contributed by atoms with E-state index in [4.69, 9.17) is 10.2 Å². The van der Waals surface area contributed by atoms with Crippen LogP contribution in [0.4, 0.5) is 11.5 Å². The maximum Gasteiger partial charge on any atom is 0.337 e. The number of nitrogens with zero attached hydrogens (tertiary/aromatic N) is 2. The minimum absolute atomic E-state index is 0.00606. The van der Waals surface area contributed by atoms with Gasteiger partial charge in [0.05, 0.1) is 10.5 Å². The summed E-state index contributed by atoms with van der Waals surface area (Å²) in [5.41, 5.74) is -0.646. The molecule has 3 N–H and O–H groups in total. The average Bonchev–Trinajstić information content (AvgIpc) is 2.29. The van der Waals surface area contributed by atoms with Gasteiger partial charge in [0.25, 0.3) is 0 Å². The second-order valence-electron chi connectivity index (χ2n) is 3.16. The number of aliphatic hydroxyl groups is 1. The summed E-state index contributed by atoms with van der Waals surface area (Å²) < 4.78 is 0. The van der Waals surface area contributed by atoms with Gasteiger partial charge in [0.1, 0.15) is 0 Å². The number of carbonyl (C=O) groups is 1. The van der Waals surface area contributed by atoms with Crippen molar-refractivity contribution < 1.29 is 19.9 Å². The van der Waals surface area contributed by atoms with Crippen molar-refractivity contribution in [3.8, 4) is 0 Å². The van der Waals surface area contributed by atoms with Crippen LogP contribution in [0.25, 0.3) is 0 Å². The lowest BCUT2D eigenvalue weighted by Gasteiger charge is -2.05. The van der Waals surface area contributed by atoms with E-state index in [0.717, 1.165) is 12.3 Å². The van der Waals surface area contributed by atoms with Crippen LogP contribution in [0.15, 0.2) is 12.3 Å². The van der Waals surface area contributed by atoms with Crippen molar-refractivity contribution in [1.82, 2.24) is 4.98 Å². The zero-order chi connectivity index (χ0) is 12.8. The van der Waals surface area contributed by atoms with E-state index in [1.807, 2.05) is 0 Å². The minimum Gasteiger partial charge on any atom is -0.478 e. The number of rotatable bonds is 6. The fraction of sp³-hybridized carbons (Fsp3) is 0.333. The van der Waals surface area contributed by atoms with Crippen LogP contribution in [0.1, 0.15) is 16.8 Å². The Bertz CT molecular complexity index is 435. The van der Waals surface area contributed by atoms with Gasteiger partial charge in [0.15, 0.2) is 0 Å². The molecule has 1 rings (SSSR count). The molecule has 1 aromatic rings. The number of aromatic carboxylic acids is 1. The van der Waals surface area contributed by atoms with E-state index in [1.54, 1.807) is 0 Å². The molecule has 8 heteroatoms. The Balaban J connectivity index is 2.96. The Hall–Kier alpha value is -2.22. The fourth-order valence-corrected chi connectivity index (χ4v) is 1.13. The molecule has 0 fully saturated rings. The monoisotopic (exact) mass is 241 g/mol. The SMILES string of the molecule is O=C(O)c1cnc(NCCCO)c([N+](=O)[O-])c1. The van der Waals surface area contributed by atoms with Gasteiger partial charge in [0.2, 0.25) is 5.82 Å². The Labute approximate surface area is 96.1 Å². The van der Waals surface area contributed by atoms with Crippen molar-refractivity contribution in [2.75, 3.05) is 18.5 Å². The van der Waals surface area contributed by atoms with Gasteiger partial charge in [-0.15, -0.1) is 0 Å². The second kappa shape index (κ2) is 5.75. The second-order valence-corrected chi connectivity index (χ2v) is 3.16. The number of carboxylic acids is 1. The summed E-state index contributed by atoms with van der Waals surface area (Å²) in [6.45, 7) is 0.269. The molecule has 17 heavy (non-hydrogen) atoms. The minimum atomic E-state index is -1.28. The molecule has 0 saturated heterocycles. The molecule has 0 amide bonds. The highest BCUT2D eigenvalue weighted by Crippen LogP contribution is 2.22. The summed E-state index contributed by atoms with van der Waals surface area (Å²) >= 11 is 0. The first-order chi connectivity index (χ1) is 8.06. The smallest absolute Gasteiger partial charge is 0.337 e. The molecule has 0 atom stereocenters. The molecule has 92 valence electrons. The standard InChI is InChI=1S/C9H11N3O5/c13-3-1-2-10-8-7(12(16)17)4-6(5-11-8)9(14)15/h4-5,13H,1-3H2,(H,10,11)(H,14,15). The summed E-state index contributed by atoms with van der Waals surface area (Å²) in [6, 6.07) is 0.941. The third-order valence-corrected chi connectivity index (χ3v) is 1.94. The fourth-order valence-electron chi connectivity index (χ4n) is 1.13. The molecule has 0 aromatic carbocycles. The van der Waals surface area contributed by atoms with Gasteiger partial charge in [-0.3, -0.25) is 10.1 Å². The normalized spacial score (nSPS) is 9.94. The molecular formula is C9H11N3O5. The number of hydrogen-bond donors (Lipinski definition) is 3. The maximum absolute atomic E-state index is 10.7. The summed E-state index contributed by atoms with van der Waals surface area (Å²) in [7, 11) is 0. The first-order valence-corrected chi connectivity index (χ1v) is 4.78. The van der Waals surface area contributed by atoms with Gasteiger partial charge in [0, 0.05) is 25.4 Å². The van der Waals surface area contributed by atoms with Gasteiger partial charge in [-0.1, -0.05) is 0 Å². The Morgan fingerprint density at radius 2 is 2.29 bits per heavy atom. The van der Waals surface area contributed by atoms with Crippen molar-refractivity contribution >= 4 is 17.5 Å². The Morgan fingerprint density at radius 1 is 1.59 bits per heavy atom. The number of hydrogen-bond acceptors (Lipinski definition) is 6. The highest BCUT2D eigenvalue weighted by Gasteiger charge is 2.18. The van der Waals surface area contributed by atoms with Crippen LogP contribution in [0.2, 0.25) is 0 Å². The molecule has 0 bridgehead atoms. The molecule has 0 aliphatic carbocycles. The molecule has 0 unspecified atom stereocenters. The predicted molar refractivity (Wildman–Crippen MR) is 58.0 cm³/mol. The number of pyridine rings is 1. The molecule has 0 spiro atoms. The quantitative estimate of drug-likeness (QED) is 0.375. The molecular weight excluding hydrogens is 230 g/mol. The van der Waals surface area contributed by atoms with Crippen LogP contribution < -0.4 is 5.32 Å². The topological polar surface area (TPSA) is 126 Å². The third-order valence-electron chi connectivity index (χ3n) is 1.94. The van der Waals surface area contributed by atoms with Crippen molar-refractivity contribution in [2.45, 2.75) is 6.42 Å². The molecule has 0 saturated carbocycles. The zero-order valence-electron chi connectivity index (χ0n) is 8.79. The van der Waals surface area contributed by atoms with Crippen LogP contribution in [0, 0.1) is 10.1 Å². The van der Waals surface area contributed by atoms with Gasteiger partial charge in [-0.2, -0.15) is 0 Å². The van der Waals surface area contributed by atoms with Gasteiger partial charge >= 0.3 is 11.7 Å². The number of nitrogens with one attached hydrogen (secondary N) is 1. The van der Waals surface area contributed by atoms with E-state index in [1.165, 1.54) is 0 Å². The lowest BCUT2D eigenvalue weighted by molar-refractivity contribution is -0.384. The van der Waals surface area contributed by atoms with E-state index in [2.05, 4.69) is 10.3 Å². The van der Waals surface area contributed by atoms with Crippen LogP contribution in [0.3, 0.4) is 0 Å². The number of aliphatic hydroxyl groups excluding tert-OH is 1. The number of carboxylic acid groups (broad SMARTS) is 1. The van der Waals surface area contributed by atoms with Crippen LogP contribution in [-0.2, 0) is 0 Å². The van der Waals surface area contributed by atoms with Crippen LogP contribution in [-0.4, -0.2) is 39.2 Å². The summed E-state index contributed by atoms with van der Waals surface area (Å²) in [4.78, 5) is 24.3. The average molecular weight is 241 g/mol. The highest BCUT2D eigenvalue weighted by atomic mass is 16.6. The molecule has 1 aromatic heterocycles. The van der Waals surface area contributed by atoms with Crippen molar-refractivity contribution in [3.05, 3.63) is 27.9 Å². The highest BCUT2D eigenvalue weighted by molar-refractivity contribution is 5.88. The number of nitro groups is 1. The summed E-state index contributed by atoms with van der Waals surface area (Å²) in [6.07, 6.45) is 1.45. The molecule has 1 heterocycles. The predicted octanol–water partition coefficient (Wildman–Crippen LogP) is 0.482. The lowest BCUT2D eigenvalue weighted by Crippen LogP contribution is -2.09. The van der Waals surface area contributed by atoms with Crippen molar-refractivity contribution in [3.63, 3.8) is 0 Å². The van der Waals surface area contributed by atoms with E-state index in [0.29, 0.717) is 13.0 Å². The maximum atomic E-state index is 10.7. The number of aromatic nitrogens is 1. The number of anilines is 1. The summed E-state index contributed by atoms with van der Waals surface area (Å²) in [5, 5.41) is 30.6. The van der Waals surface area contributed by atoms with Gasteiger partial charge < -0.3 is 15.5 Å². The Kier molecular flexibility index (Phi) is 4.35. The van der Waals surface area contributed by atoms with Crippen molar-refractivity contribution in [1.29, 1.82) is 0 Å². The molecule has 8 nitrogen and oxygen atoms in total. The first kappa shape index (κ1) is 12.8. The largest absolute Gasteiger partial charge is 0.478 e. The molecule has 0 aliphatic heterocycles. The van der Waals surface area contributed by atoms with E-state index in [-0.39, 0.29) is 18.0 Å². The van der Waals surface area contributed by atoms with Gasteiger partial charge in [-0.25, -0.2) is 9.78 Å². The van der Waals surface area contributed by atoms with E-state index in [9.17, 15) is 14.9 Å².